The highest BCUT2D eigenvalue weighted by Crippen LogP contribution is 2.20. The first-order valence-electron chi connectivity index (χ1n) is 4.16. The molecule has 0 aliphatic rings. The summed E-state index contributed by atoms with van der Waals surface area (Å²) in [6.45, 7) is 5.23. The van der Waals surface area contributed by atoms with Crippen LogP contribution in [0.25, 0.3) is 0 Å². The molecule has 0 aromatic heterocycles. The fraction of sp³-hybridized carbons (Fsp3) is 0.400. The lowest BCUT2D eigenvalue weighted by molar-refractivity contribution is 0.951. The van der Waals surface area contributed by atoms with Gasteiger partial charge in [-0.15, -0.1) is 0 Å². The topological polar surface area (TPSA) is 12.0 Å². The van der Waals surface area contributed by atoms with Gasteiger partial charge in [0.2, 0.25) is 0 Å². The van der Waals surface area contributed by atoms with Crippen LogP contribution < -0.4 is 4.72 Å². The molecule has 13 heavy (non-hydrogen) atoms. The molecule has 1 aromatic rings. The van der Waals surface area contributed by atoms with E-state index < -0.39 is 0 Å². The van der Waals surface area contributed by atoms with Crippen LogP contribution in [0.3, 0.4) is 0 Å². The molecule has 0 atom stereocenters. The normalized spacial score (nSPS) is 10.5. The Morgan fingerprint density at radius 1 is 1.31 bits per heavy atom. The van der Waals surface area contributed by atoms with E-state index in [-0.39, 0.29) is 0 Å². The molecule has 0 saturated carbocycles. The van der Waals surface area contributed by atoms with Gasteiger partial charge in [0.25, 0.3) is 0 Å². The third-order valence-corrected chi connectivity index (χ3v) is 2.94. The predicted molar refractivity (Wildman–Crippen MR) is 64.0 cm³/mol. The monoisotopic (exact) mass is 259 g/mol. The molecule has 0 amide bonds. The number of rotatable bonds is 3. The summed E-state index contributed by atoms with van der Waals surface area (Å²) >= 11 is 5.15. The Morgan fingerprint density at radius 3 is 2.31 bits per heavy atom. The molecule has 72 valence electrons. The molecule has 0 fully saturated rings. The van der Waals surface area contributed by atoms with Crippen LogP contribution in [0, 0.1) is 13.8 Å². The Morgan fingerprint density at radius 2 is 1.85 bits per heavy atom. The summed E-state index contributed by atoms with van der Waals surface area (Å²) < 4.78 is 4.43. The zero-order valence-corrected chi connectivity index (χ0v) is 10.6. The Hall–Kier alpha value is 0.01000. The summed E-state index contributed by atoms with van der Waals surface area (Å²) in [5, 5.41) is 0. The summed E-state index contributed by atoms with van der Waals surface area (Å²) in [4.78, 5) is 0. The molecule has 0 saturated heterocycles. The van der Waals surface area contributed by atoms with Gasteiger partial charge in [0.05, 0.1) is 0 Å². The van der Waals surface area contributed by atoms with Crippen LogP contribution in [-0.2, 0) is 6.54 Å². The van der Waals surface area contributed by atoms with Gasteiger partial charge >= 0.3 is 0 Å². The molecule has 0 radical (unpaired) electrons. The third kappa shape index (κ3) is 3.01. The molecular weight excluding hydrogens is 246 g/mol. The smallest absolute Gasteiger partial charge is 0.0315 e. The number of hydrogen-bond donors (Lipinski definition) is 1. The molecule has 3 heteroatoms. The van der Waals surface area contributed by atoms with E-state index >= 15 is 0 Å². The first-order valence-corrected chi connectivity index (χ1v) is 6.18. The zero-order chi connectivity index (χ0) is 9.84. The number of halogens is 1. The highest BCUT2D eigenvalue weighted by molar-refractivity contribution is 9.10. The van der Waals surface area contributed by atoms with Crippen LogP contribution in [0.4, 0.5) is 0 Å². The molecule has 0 aliphatic carbocycles. The van der Waals surface area contributed by atoms with E-state index in [0.717, 1.165) is 11.0 Å². The zero-order valence-electron chi connectivity index (χ0n) is 8.15. The highest BCUT2D eigenvalue weighted by Gasteiger charge is 2.02. The van der Waals surface area contributed by atoms with Crippen LogP contribution >= 0.6 is 27.9 Å². The fourth-order valence-electron chi connectivity index (χ4n) is 1.36. The van der Waals surface area contributed by atoms with Crippen molar-refractivity contribution in [1.82, 2.24) is 4.72 Å². The highest BCUT2D eigenvalue weighted by atomic mass is 79.9. The van der Waals surface area contributed by atoms with Crippen LogP contribution in [0.1, 0.15) is 16.7 Å². The van der Waals surface area contributed by atoms with E-state index in [9.17, 15) is 0 Å². The van der Waals surface area contributed by atoms with Crippen molar-refractivity contribution in [2.75, 3.05) is 6.26 Å². The molecule has 0 aliphatic heterocycles. The molecule has 1 aromatic carbocycles. The summed E-state index contributed by atoms with van der Waals surface area (Å²) in [6, 6.07) is 4.31. The minimum atomic E-state index is 0.937. The molecule has 0 unspecified atom stereocenters. The standard InChI is InChI=1S/C10H14BrNS/c1-7-4-9(11)5-8(2)10(7)6-12-13-3/h4-5,12H,6H2,1-3H3. The fourth-order valence-corrected chi connectivity index (χ4v) is 2.34. The second kappa shape index (κ2) is 5.03. The molecule has 0 heterocycles. The van der Waals surface area contributed by atoms with E-state index in [2.05, 4.69) is 46.6 Å². The van der Waals surface area contributed by atoms with E-state index in [1.54, 1.807) is 11.9 Å². The van der Waals surface area contributed by atoms with Crippen molar-refractivity contribution >= 4 is 27.9 Å². The largest absolute Gasteiger partial charge is 0.260 e. The average molecular weight is 260 g/mol. The van der Waals surface area contributed by atoms with Gasteiger partial charge in [0.15, 0.2) is 0 Å². The van der Waals surface area contributed by atoms with Crippen molar-refractivity contribution in [2.45, 2.75) is 20.4 Å². The summed E-state index contributed by atoms with van der Waals surface area (Å²) in [6.07, 6.45) is 2.05. The van der Waals surface area contributed by atoms with Gasteiger partial charge in [-0.3, -0.25) is 4.72 Å². The molecule has 1 nitrogen and oxygen atoms in total. The first kappa shape index (κ1) is 11.1. The van der Waals surface area contributed by atoms with Crippen molar-refractivity contribution in [3.8, 4) is 0 Å². The second-order valence-electron chi connectivity index (χ2n) is 3.04. The molecule has 1 rings (SSSR count). The average Bonchev–Trinajstić information content (AvgIpc) is 2.02. The predicted octanol–water partition coefficient (Wildman–Crippen LogP) is 3.43. The van der Waals surface area contributed by atoms with Crippen molar-refractivity contribution < 1.29 is 0 Å². The van der Waals surface area contributed by atoms with Gasteiger partial charge in [0, 0.05) is 11.0 Å². The van der Waals surface area contributed by atoms with Crippen molar-refractivity contribution in [3.63, 3.8) is 0 Å². The van der Waals surface area contributed by atoms with Crippen molar-refractivity contribution in [2.24, 2.45) is 0 Å². The number of nitrogens with one attached hydrogen (secondary N) is 1. The summed E-state index contributed by atoms with van der Waals surface area (Å²) in [5.41, 5.74) is 4.08. The van der Waals surface area contributed by atoms with Crippen LogP contribution in [0.5, 0.6) is 0 Å². The molecule has 1 N–H and O–H groups in total. The number of hydrogen-bond acceptors (Lipinski definition) is 2. The van der Waals surface area contributed by atoms with Gasteiger partial charge in [0.1, 0.15) is 0 Å². The maximum atomic E-state index is 3.49. The van der Waals surface area contributed by atoms with Crippen LogP contribution in [0.2, 0.25) is 0 Å². The lowest BCUT2D eigenvalue weighted by Gasteiger charge is -2.10. The van der Waals surface area contributed by atoms with Gasteiger partial charge in [-0.1, -0.05) is 27.9 Å². The van der Waals surface area contributed by atoms with Gasteiger partial charge < -0.3 is 0 Å². The Labute approximate surface area is 92.6 Å². The van der Waals surface area contributed by atoms with E-state index in [1.165, 1.54) is 16.7 Å². The minimum absolute atomic E-state index is 0.937. The van der Waals surface area contributed by atoms with Gasteiger partial charge in [-0.2, -0.15) is 0 Å². The van der Waals surface area contributed by atoms with E-state index in [1.807, 2.05) is 6.26 Å². The Balaban J connectivity index is 2.92. The number of benzene rings is 1. The Bertz CT molecular complexity index is 276. The molecule has 0 bridgehead atoms. The molecule has 0 spiro atoms. The van der Waals surface area contributed by atoms with Crippen LogP contribution in [-0.4, -0.2) is 6.26 Å². The van der Waals surface area contributed by atoms with E-state index in [4.69, 9.17) is 0 Å². The van der Waals surface area contributed by atoms with Crippen molar-refractivity contribution in [1.29, 1.82) is 0 Å². The Kier molecular flexibility index (Phi) is 4.29. The lowest BCUT2D eigenvalue weighted by atomic mass is 10.0. The minimum Gasteiger partial charge on any atom is -0.260 e. The second-order valence-corrected chi connectivity index (χ2v) is 4.66. The SMILES string of the molecule is CSNCc1c(C)cc(Br)cc1C. The van der Waals surface area contributed by atoms with Gasteiger partial charge in [-0.05, 0) is 48.9 Å². The maximum absolute atomic E-state index is 3.49. The number of aryl methyl sites for hydroxylation is 2. The van der Waals surface area contributed by atoms with Crippen LogP contribution in [0.15, 0.2) is 16.6 Å². The van der Waals surface area contributed by atoms with Crippen molar-refractivity contribution in [3.05, 3.63) is 33.3 Å². The maximum Gasteiger partial charge on any atom is 0.0315 e. The first-order chi connectivity index (χ1) is 6.15. The third-order valence-electron chi connectivity index (χ3n) is 2.05. The molecular formula is C10H14BrNS. The lowest BCUT2D eigenvalue weighted by Crippen LogP contribution is -2.05. The summed E-state index contributed by atoms with van der Waals surface area (Å²) in [5.74, 6) is 0. The summed E-state index contributed by atoms with van der Waals surface area (Å²) in [7, 11) is 0. The quantitative estimate of drug-likeness (QED) is 0.835. The van der Waals surface area contributed by atoms with E-state index in [0.29, 0.717) is 0 Å². The van der Waals surface area contributed by atoms with Gasteiger partial charge in [-0.25, -0.2) is 0 Å².